The Labute approximate surface area is 96.2 Å². The van der Waals surface area contributed by atoms with Gasteiger partial charge in [-0.25, -0.2) is 0 Å². The van der Waals surface area contributed by atoms with Gasteiger partial charge in [-0.05, 0) is 23.8 Å². The Hall–Kier alpha value is 0.340. The minimum Gasteiger partial charge on any atom is -0.386 e. The first-order valence-corrected chi connectivity index (χ1v) is 5.06. The van der Waals surface area contributed by atoms with Crippen molar-refractivity contribution in [1.82, 2.24) is 0 Å². The molecule has 0 aliphatic carbocycles. The van der Waals surface area contributed by atoms with Crippen LogP contribution in [0.15, 0.2) is 18.2 Å². The molecule has 1 unspecified atom stereocenters. The Morgan fingerprint density at radius 2 is 1.46 bits per heavy atom. The van der Waals surface area contributed by atoms with Crippen LogP contribution in [0.3, 0.4) is 0 Å². The SMILES string of the molecule is OC(c1cc(Cl)cc(Cl)c1)C(Cl)Cl. The van der Waals surface area contributed by atoms with Crippen molar-refractivity contribution in [3.05, 3.63) is 33.8 Å². The Balaban J connectivity index is 3.01. The largest absolute Gasteiger partial charge is 0.386 e. The van der Waals surface area contributed by atoms with E-state index in [1.54, 1.807) is 18.2 Å². The first-order chi connectivity index (χ1) is 6.00. The van der Waals surface area contributed by atoms with E-state index in [0.717, 1.165) is 0 Å². The molecule has 72 valence electrons. The Morgan fingerprint density at radius 3 is 1.85 bits per heavy atom. The van der Waals surface area contributed by atoms with Gasteiger partial charge in [-0.15, -0.1) is 23.2 Å². The number of aliphatic hydroxyl groups is 1. The second kappa shape index (κ2) is 4.72. The minimum absolute atomic E-state index is 0.440. The third-order valence-corrected chi connectivity index (χ3v) is 2.38. The molecule has 0 amide bonds. The van der Waals surface area contributed by atoms with Crippen LogP contribution in [0.25, 0.3) is 0 Å². The topological polar surface area (TPSA) is 20.2 Å². The summed E-state index contributed by atoms with van der Waals surface area (Å²) in [4.78, 5) is -0.894. The minimum atomic E-state index is -0.973. The second-order valence-corrected chi connectivity index (χ2v) is 4.52. The molecule has 5 heteroatoms. The van der Waals surface area contributed by atoms with Crippen molar-refractivity contribution in [2.45, 2.75) is 10.9 Å². The van der Waals surface area contributed by atoms with E-state index in [-0.39, 0.29) is 0 Å². The van der Waals surface area contributed by atoms with Crippen molar-refractivity contribution in [3.8, 4) is 0 Å². The van der Waals surface area contributed by atoms with E-state index in [2.05, 4.69) is 0 Å². The van der Waals surface area contributed by atoms with Gasteiger partial charge < -0.3 is 5.11 Å². The van der Waals surface area contributed by atoms with Gasteiger partial charge in [0.1, 0.15) is 10.9 Å². The van der Waals surface area contributed by atoms with Crippen LogP contribution < -0.4 is 0 Å². The Kier molecular flexibility index (Phi) is 4.14. The van der Waals surface area contributed by atoms with Crippen LogP contribution in [0.5, 0.6) is 0 Å². The van der Waals surface area contributed by atoms with E-state index < -0.39 is 10.9 Å². The zero-order valence-electron chi connectivity index (χ0n) is 6.35. The highest BCUT2D eigenvalue weighted by molar-refractivity contribution is 6.44. The van der Waals surface area contributed by atoms with Gasteiger partial charge >= 0.3 is 0 Å². The predicted octanol–water partition coefficient (Wildman–Crippen LogP) is 3.83. The van der Waals surface area contributed by atoms with Crippen LogP contribution in [0.4, 0.5) is 0 Å². The van der Waals surface area contributed by atoms with Gasteiger partial charge in [0.2, 0.25) is 0 Å². The lowest BCUT2D eigenvalue weighted by atomic mass is 10.1. The zero-order valence-corrected chi connectivity index (χ0v) is 9.37. The van der Waals surface area contributed by atoms with Crippen LogP contribution in [-0.4, -0.2) is 9.94 Å². The molecule has 1 nitrogen and oxygen atoms in total. The number of hydrogen-bond donors (Lipinski definition) is 1. The highest BCUT2D eigenvalue weighted by Gasteiger charge is 2.16. The first-order valence-electron chi connectivity index (χ1n) is 3.43. The number of benzene rings is 1. The molecule has 0 fully saturated rings. The Morgan fingerprint density at radius 1 is 1.00 bits per heavy atom. The normalized spacial score (nSPS) is 13.4. The third-order valence-electron chi connectivity index (χ3n) is 1.47. The number of rotatable bonds is 2. The van der Waals surface area contributed by atoms with Gasteiger partial charge in [0.15, 0.2) is 0 Å². The molecule has 1 aromatic carbocycles. The van der Waals surface area contributed by atoms with Crippen LogP contribution in [-0.2, 0) is 0 Å². The molecule has 0 aromatic heterocycles. The number of hydrogen-bond acceptors (Lipinski definition) is 1. The molecular weight excluding hydrogens is 254 g/mol. The monoisotopic (exact) mass is 258 g/mol. The van der Waals surface area contributed by atoms with Gasteiger partial charge in [-0.1, -0.05) is 23.2 Å². The summed E-state index contributed by atoms with van der Waals surface area (Å²) in [6.07, 6.45) is -0.973. The van der Waals surface area contributed by atoms with Gasteiger partial charge in [-0.2, -0.15) is 0 Å². The van der Waals surface area contributed by atoms with E-state index in [1.165, 1.54) is 0 Å². The van der Waals surface area contributed by atoms with Crippen molar-refractivity contribution in [3.63, 3.8) is 0 Å². The highest BCUT2D eigenvalue weighted by Crippen LogP contribution is 2.28. The van der Waals surface area contributed by atoms with E-state index in [4.69, 9.17) is 46.4 Å². The molecule has 0 heterocycles. The molecule has 0 radical (unpaired) electrons. The van der Waals surface area contributed by atoms with E-state index >= 15 is 0 Å². The van der Waals surface area contributed by atoms with Crippen molar-refractivity contribution in [2.75, 3.05) is 0 Å². The van der Waals surface area contributed by atoms with E-state index in [9.17, 15) is 5.11 Å². The van der Waals surface area contributed by atoms with E-state index in [0.29, 0.717) is 15.6 Å². The van der Waals surface area contributed by atoms with Crippen molar-refractivity contribution < 1.29 is 5.11 Å². The molecular formula is C8H6Cl4O. The fourth-order valence-corrected chi connectivity index (χ4v) is 1.73. The third kappa shape index (κ3) is 3.19. The maximum absolute atomic E-state index is 9.47. The summed E-state index contributed by atoms with van der Waals surface area (Å²) in [5.74, 6) is 0. The van der Waals surface area contributed by atoms with Gasteiger partial charge in [0, 0.05) is 10.0 Å². The smallest absolute Gasteiger partial charge is 0.137 e. The summed E-state index contributed by atoms with van der Waals surface area (Å²) in [6, 6.07) is 4.70. The molecule has 0 aliphatic rings. The molecule has 1 N–H and O–H groups in total. The first kappa shape index (κ1) is 11.4. The van der Waals surface area contributed by atoms with Crippen LogP contribution in [0.2, 0.25) is 10.0 Å². The van der Waals surface area contributed by atoms with Gasteiger partial charge in [0.25, 0.3) is 0 Å². The van der Waals surface area contributed by atoms with Crippen LogP contribution in [0.1, 0.15) is 11.7 Å². The number of alkyl halides is 2. The number of aliphatic hydroxyl groups excluding tert-OH is 1. The molecule has 1 atom stereocenters. The lowest BCUT2D eigenvalue weighted by Gasteiger charge is -2.11. The molecule has 1 rings (SSSR count). The quantitative estimate of drug-likeness (QED) is 0.801. The summed E-state index contributed by atoms with van der Waals surface area (Å²) in [6.45, 7) is 0. The summed E-state index contributed by atoms with van der Waals surface area (Å²) in [5, 5.41) is 10.3. The molecule has 0 saturated carbocycles. The Bertz CT molecular complexity index is 280. The summed E-state index contributed by atoms with van der Waals surface area (Å²) in [7, 11) is 0. The zero-order chi connectivity index (χ0) is 10.0. The second-order valence-electron chi connectivity index (χ2n) is 2.48. The lowest BCUT2D eigenvalue weighted by molar-refractivity contribution is 0.193. The molecule has 0 bridgehead atoms. The lowest BCUT2D eigenvalue weighted by Crippen LogP contribution is -2.05. The van der Waals surface area contributed by atoms with Gasteiger partial charge in [-0.3, -0.25) is 0 Å². The molecule has 13 heavy (non-hydrogen) atoms. The maximum Gasteiger partial charge on any atom is 0.137 e. The average Bonchev–Trinajstić information content (AvgIpc) is 2.01. The summed E-state index contributed by atoms with van der Waals surface area (Å²) in [5.41, 5.74) is 0.507. The van der Waals surface area contributed by atoms with Gasteiger partial charge in [0.05, 0.1) is 0 Å². The van der Waals surface area contributed by atoms with Crippen molar-refractivity contribution in [1.29, 1.82) is 0 Å². The van der Waals surface area contributed by atoms with Crippen LogP contribution in [0, 0.1) is 0 Å². The maximum atomic E-state index is 9.47. The fraction of sp³-hybridized carbons (Fsp3) is 0.250. The molecule has 0 saturated heterocycles. The fourth-order valence-electron chi connectivity index (χ4n) is 0.891. The highest BCUT2D eigenvalue weighted by atomic mass is 35.5. The summed E-state index contributed by atoms with van der Waals surface area (Å²) < 4.78 is 0. The van der Waals surface area contributed by atoms with Crippen LogP contribution >= 0.6 is 46.4 Å². The summed E-state index contributed by atoms with van der Waals surface area (Å²) >= 11 is 22.4. The molecule has 0 spiro atoms. The van der Waals surface area contributed by atoms with Crippen molar-refractivity contribution >= 4 is 46.4 Å². The average molecular weight is 260 g/mol. The van der Waals surface area contributed by atoms with Crippen molar-refractivity contribution in [2.24, 2.45) is 0 Å². The number of halogens is 4. The molecule has 0 aliphatic heterocycles. The standard InChI is InChI=1S/C8H6Cl4O/c9-5-1-4(2-6(10)3-5)7(13)8(11)12/h1-3,7-8,13H. The molecule has 1 aromatic rings. The predicted molar refractivity (Wildman–Crippen MR) is 56.9 cm³/mol. The van der Waals surface area contributed by atoms with E-state index in [1.807, 2.05) is 0 Å².